The van der Waals surface area contributed by atoms with E-state index in [1.807, 2.05) is 37.3 Å². The maximum atomic E-state index is 13.0. The number of nitrogens with one attached hydrogen (secondary N) is 1. The summed E-state index contributed by atoms with van der Waals surface area (Å²) in [5.41, 5.74) is 2.06. The van der Waals surface area contributed by atoms with Crippen molar-refractivity contribution in [3.8, 4) is 23.5 Å². The lowest BCUT2D eigenvalue weighted by Crippen LogP contribution is -1.99. The van der Waals surface area contributed by atoms with Gasteiger partial charge in [0.15, 0.2) is 5.76 Å². The highest BCUT2D eigenvalue weighted by molar-refractivity contribution is 5.54. The van der Waals surface area contributed by atoms with Crippen molar-refractivity contribution in [2.24, 2.45) is 0 Å². The standard InChI is InChI=1S/C23H18FN3O3/c1-15-3-2-4-18(11-15)28-14-19-9-10-21(29-19)23-27-20(12-25)22(30-23)26-13-16-5-7-17(24)8-6-16/h2-11,26H,13-14H2,1H3. The first-order chi connectivity index (χ1) is 14.6. The first-order valence-corrected chi connectivity index (χ1v) is 9.28. The van der Waals surface area contributed by atoms with Gasteiger partial charge in [-0.2, -0.15) is 10.2 Å². The second-order valence-corrected chi connectivity index (χ2v) is 6.66. The summed E-state index contributed by atoms with van der Waals surface area (Å²) in [6.07, 6.45) is 0. The van der Waals surface area contributed by atoms with Crippen LogP contribution in [0.15, 0.2) is 69.5 Å². The van der Waals surface area contributed by atoms with Gasteiger partial charge in [0.2, 0.25) is 11.6 Å². The molecule has 4 rings (SSSR count). The maximum Gasteiger partial charge on any atom is 0.266 e. The molecule has 0 aliphatic heterocycles. The van der Waals surface area contributed by atoms with Crippen LogP contribution in [0.4, 0.5) is 10.3 Å². The Kier molecular flexibility index (Phi) is 5.48. The van der Waals surface area contributed by atoms with E-state index in [1.165, 1.54) is 12.1 Å². The summed E-state index contributed by atoms with van der Waals surface area (Å²) in [6, 6.07) is 19.3. The van der Waals surface area contributed by atoms with Crippen molar-refractivity contribution in [3.05, 3.63) is 89.1 Å². The monoisotopic (exact) mass is 403 g/mol. The minimum Gasteiger partial charge on any atom is -0.486 e. The molecule has 0 saturated heterocycles. The molecule has 0 fully saturated rings. The van der Waals surface area contributed by atoms with E-state index >= 15 is 0 Å². The number of ether oxygens (including phenoxy) is 1. The number of aryl methyl sites for hydroxylation is 1. The lowest BCUT2D eigenvalue weighted by atomic mass is 10.2. The van der Waals surface area contributed by atoms with Crippen molar-refractivity contribution in [2.75, 3.05) is 5.32 Å². The van der Waals surface area contributed by atoms with Crippen LogP contribution in [-0.4, -0.2) is 4.98 Å². The van der Waals surface area contributed by atoms with Crippen LogP contribution in [0.5, 0.6) is 5.75 Å². The first-order valence-electron chi connectivity index (χ1n) is 9.28. The van der Waals surface area contributed by atoms with E-state index in [0.717, 1.165) is 16.9 Å². The normalized spacial score (nSPS) is 10.6. The summed E-state index contributed by atoms with van der Waals surface area (Å²) in [5, 5.41) is 12.3. The highest BCUT2D eigenvalue weighted by Gasteiger charge is 2.17. The van der Waals surface area contributed by atoms with Gasteiger partial charge in [0.1, 0.15) is 30.0 Å². The Bertz CT molecular complexity index is 1190. The Hall–Kier alpha value is -4.05. The summed E-state index contributed by atoms with van der Waals surface area (Å²) >= 11 is 0. The van der Waals surface area contributed by atoms with E-state index in [1.54, 1.807) is 24.3 Å². The number of oxazole rings is 1. The smallest absolute Gasteiger partial charge is 0.266 e. The molecular formula is C23H18FN3O3. The van der Waals surface area contributed by atoms with Gasteiger partial charge in [-0.1, -0.05) is 24.3 Å². The summed E-state index contributed by atoms with van der Waals surface area (Å²) in [7, 11) is 0. The van der Waals surface area contributed by atoms with Crippen LogP contribution in [0.2, 0.25) is 0 Å². The molecular weight excluding hydrogens is 385 g/mol. The van der Waals surface area contributed by atoms with Gasteiger partial charge in [0.25, 0.3) is 5.89 Å². The van der Waals surface area contributed by atoms with Crippen LogP contribution in [-0.2, 0) is 13.2 Å². The molecule has 4 aromatic rings. The second-order valence-electron chi connectivity index (χ2n) is 6.66. The summed E-state index contributed by atoms with van der Waals surface area (Å²) in [6.45, 7) is 2.61. The largest absolute Gasteiger partial charge is 0.486 e. The molecule has 0 radical (unpaired) electrons. The van der Waals surface area contributed by atoms with Gasteiger partial charge in [0, 0.05) is 6.54 Å². The van der Waals surface area contributed by atoms with Gasteiger partial charge in [-0.15, -0.1) is 0 Å². The van der Waals surface area contributed by atoms with Crippen molar-refractivity contribution >= 4 is 5.88 Å². The van der Waals surface area contributed by atoms with Gasteiger partial charge in [-0.05, 0) is 54.4 Å². The molecule has 0 unspecified atom stereocenters. The molecule has 1 N–H and O–H groups in total. The lowest BCUT2D eigenvalue weighted by Gasteiger charge is -2.04. The molecule has 2 heterocycles. The lowest BCUT2D eigenvalue weighted by molar-refractivity contribution is 0.271. The Labute approximate surface area is 172 Å². The summed E-state index contributed by atoms with van der Waals surface area (Å²) in [5.74, 6) is 1.86. The van der Waals surface area contributed by atoms with E-state index in [9.17, 15) is 9.65 Å². The summed E-state index contributed by atoms with van der Waals surface area (Å²) in [4.78, 5) is 4.18. The van der Waals surface area contributed by atoms with Crippen LogP contribution in [0, 0.1) is 24.1 Å². The van der Waals surface area contributed by atoms with E-state index in [-0.39, 0.29) is 29.9 Å². The van der Waals surface area contributed by atoms with Crippen LogP contribution < -0.4 is 10.1 Å². The van der Waals surface area contributed by atoms with Crippen LogP contribution in [0.25, 0.3) is 11.7 Å². The van der Waals surface area contributed by atoms with E-state index in [0.29, 0.717) is 18.1 Å². The van der Waals surface area contributed by atoms with Crippen molar-refractivity contribution < 1.29 is 18.0 Å². The number of furan rings is 1. The van der Waals surface area contributed by atoms with Crippen LogP contribution in [0.1, 0.15) is 22.6 Å². The molecule has 30 heavy (non-hydrogen) atoms. The third-order valence-electron chi connectivity index (χ3n) is 4.34. The number of benzene rings is 2. The number of nitriles is 1. The molecule has 2 aromatic heterocycles. The molecule has 0 spiro atoms. The zero-order chi connectivity index (χ0) is 20.9. The number of hydrogen-bond donors (Lipinski definition) is 1. The Morgan fingerprint density at radius 1 is 1.10 bits per heavy atom. The van der Waals surface area contributed by atoms with Gasteiger partial charge >= 0.3 is 0 Å². The second kappa shape index (κ2) is 8.53. The van der Waals surface area contributed by atoms with Gasteiger partial charge in [-0.3, -0.25) is 0 Å². The predicted molar refractivity (Wildman–Crippen MR) is 108 cm³/mol. The zero-order valence-corrected chi connectivity index (χ0v) is 16.2. The molecule has 6 nitrogen and oxygen atoms in total. The average molecular weight is 403 g/mol. The number of rotatable bonds is 7. The molecule has 150 valence electrons. The fourth-order valence-corrected chi connectivity index (χ4v) is 2.84. The Morgan fingerprint density at radius 3 is 2.70 bits per heavy atom. The van der Waals surface area contributed by atoms with Gasteiger partial charge in [-0.25, -0.2) is 4.39 Å². The zero-order valence-electron chi connectivity index (χ0n) is 16.2. The Morgan fingerprint density at radius 2 is 1.93 bits per heavy atom. The van der Waals surface area contributed by atoms with Crippen molar-refractivity contribution in [1.82, 2.24) is 4.98 Å². The van der Waals surface area contributed by atoms with Gasteiger partial charge < -0.3 is 18.9 Å². The average Bonchev–Trinajstić information content (AvgIpc) is 3.39. The molecule has 0 aliphatic carbocycles. The first kappa shape index (κ1) is 19.3. The van der Waals surface area contributed by atoms with E-state index in [4.69, 9.17) is 13.6 Å². The SMILES string of the molecule is Cc1cccc(OCc2ccc(-c3nc(C#N)c(NCc4ccc(F)cc4)o3)o2)c1. The van der Waals surface area contributed by atoms with Crippen molar-refractivity contribution in [2.45, 2.75) is 20.1 Å². The fraction of sp³-hybridized carbons (Fsp3) is 0.130. The number of halogens is 1. The molecule has 0 bridgehead atoms. The van der Waals surface area contributed by atoms with Crippen molar-refractivity contribution in [3.63, 3.8) is 0 Å². The minimum absolute atomic E-state index is 0.112. The van der Waals surface area contributed by atoms with Crippen LogP contribution >= 0.6 is 0 Å². The predicted octanol–water partition coefficient (Wildman–Crippen LogP) is 5.44. The quantitative estimate of drug-likeness (QED) is 0.442. The van der Waals surface area contributed by atoms with Gasteiger partial charge in [0.05, 0.1) is 0 Å². The molecule has 0 atom stereocenters. The molecule has 7 heteroatoms. The maximum absolute atomic E-state index is 13.0. The number of hydrogen-bond acceptors (Lipinski definition) is 6. The van der Waals surface area contributed by atoms with E-state index < -0.39 is 0 Å². The number of aromatic nitrogens is 1. The minimum atomic E-state index is -0.307. The molecule has 0 aliphatic rings. The van der Waals surface area contributed by atoms with Crippen LogP contribution in [0.3, 0.4) is 0 Å². The van der Waals surface area contributed by atoms with Crippen molar-refractivity contribution in [1.29, 1.82) is 5.26 Å². The third-order valence-corrected chi connectivity index (χ3v) is 4.34. The fourth-order valence-electron chi connectivity index (χ4n) is 2.84. The highest BCUT2D eigenvalue weighted by atomic mass is 19.1. The molecule has 0 amide bonds. The number of nitrogens with zero attached hydrogens (tertiary/aromatic N) is 2. The molecule has 0 saturated carbocycles. The highest BCUT2D eigenvalue weighted by Crippen LogP contribution is 2.28. The van der Waals surface area contributed by atoms with E-state index in [2.05, 4.69) is 10.3 Å². The molecule has 2 aromatic carbocycles. The number of anilines is 1. The Balaban J connectivity index is 1.44. The third kappa shape index (κ3) is 4.50. The summed E-state index contributed by atoms with van der Waals surface area (Å²) < 4.78 is 30.2. The topological polar surface area (TPSA) is 84.2 Å².